The Morgan fingerprint density at radius 2 is 1.90 bits per heavy atom. The standard InChI is InChI=1S/C17H21N3/c1-12-7-3-4-8-14(12)13(2)20-17-15-9-5-6-10-16(15)18-11-19-17/h3-4,7-8,11,13H,5-6,9-10H2,1-2H3,(H,18,19,20). The Labute approximate surface area is 120 Å². The van der Waals surface area contributed by atoms with Crippen LogP contribution in [-0.2, 0) is 12.8 Å². The summed E-state index contributed by atoms with van der Waals surface area (Å²) in [5.74, 6) is 1.02. The molecule has 1 heterocycles. The molecule has 0 radical (unpaired) electrons. The molecule has 1 N–H and O–H groups in total. The Bertz CT molecular complexity index is 607. The Morgan fingerprint density at radius 3 is 2.75 bits per heavy atom. The largest absolute Gasteiger partial charge is 0.363 e. The molecule has 1 aliphatic rings. The van der Waals surface area contributed by atoms with Crippen LogP contribution < -0.4 is 5.32 Å². The summed E-state index contributed by atoms with van der Waals surface area (Å²) in [4.78, 5) is 8.89. The van der Waals surface area contributed by atoms with Crippen LogP contribution in [0.15, 0.2) is 30.6 Å². The number of fused-ring (bicyclic) bond motifs is 1. The highest BCUT2D eigenvalue weighted by atomic mass is 15.0. The lowest BCUT2D eigenvalue weighted by atomic mass is 9.96. The second kappa shape index (κ2) is 5.61. The fourth-order valence-corrected chi connectivity index (χ4v) is 3.00. The molecule has 3 heteroatoms. The lowest BCUT2D eigenvalue weighted by Crippen LogP contribution is -2.15. The van der Waals surface area contributed by atoms with Gasteiger partial charge in [0.25, 0.3) is 0 Å². The number of hydrogen-bond acceptors (Lipinski definition) is 3. The molecule has 0 spiro atoms. The number of aryl methyl sites for hydroxylation is 2. The number of rotatable bonds is 3. The van der Waals surface area contributed by atoms with E-state index >= 15 is 0 Å². The summed E-state index contributed by atoms with van der Waals surface area (Å²) < 4.78 is 0. The van der Waals surface area contributed by atoms with Crippen LogP contribution in [0, 0.1) is 6.92 Å². The second-order valence-electron chi connectivity index (χ2n) is 5.58. The molecule has 0 saturated heterocycles. The average Bonchev–Trinajstić information content (AvgIpc) is 2.48. The summed E-state index contributed by atoms with van der Waals surface area (Å²) in [5.41, 5.74) is 5.19. The zero-order valence-electron chi connectivity index (χ0n) is 12.2. The first kappa shape index (κ1) is 13.1. The molecule has 3 nitrogen and oxygen atoms in total. The number of hydrogen-bond donors (Lipinski definition) is 1. The van der Waals surface area contributed by atoms with Crippen LogP contribution >= 0.6 is 0 Å². The summed E-state index contributed by atoms with van der Waals surface area (Å²) in [5, 5.41) is 3.58. The van der Waals surface area contributed by atoms with Crippen molar-refractivity contribution in [3.8, 4) is 0 Å². The first-order chi connectivity index (χ1) is 9.75. The molecule has 0 fully saturated rings. The SMILES string of the molecule is Cc1ccccc1C(C)Nc1ncnc2c1CCCC2. The second-order valence-corrected chi connectivity index (χ2v) is 5.58. The maximum absolute atomic E-state index is 4.46. The normalized spacial score (nSPS) is 15.5. The summed E-state index contributed by atoms with van der Waals surface area (Å²) in [7, 11) is 0. The number of nitrogens with zero attached hydrogens (tertiary/aromatic N) is 2. The van der Waals surface area contributed by atoms with Gasteiger partial charge in [0.15, 0.2) is 0 Å². The minimum atomic E-state index is 0.261. The van der Waals surface area contributed by atoms with Gasteiger partial charge in [-0.1, -0.05) is 24.3 Å². The van der Waals surface area contributed by atoms with Crippen molar-refractivity contribution in [2.24, 2.45) is 0 Å². The van der Waals surface area contributed by atoms with Crippen LogP contribution in [0.2, 0.25) is 0 Å². The summed E-state index contributed by atoms with van der Waals surface area (Å²) in [6, 6.07) is 8.77. The van der Waals surface area contributed by atoms with Crippen LogP contribution in [-0.4, -0.2) is 9.97 Å². The van der Waals surface area contributed by atoms with E-state index in [0.29, 0.717) is 0 Å². The highest BCUT2D eigenvalue weighted by Crippen LogP contribution is 2.28. The van der Waals surface area contributed by atoms with Gasteiger partial charge in [-0.05, 0) is 50.7 Å². The maximum Gasteiger partial charge on any atom is 0.133 e. The van der Waals surface area contributed by atoms with Gasteiger partial charge in [-0.2, -0.15) is 0 Å². The third-order valence-electron chi connectivity index (χ3n) is 4.13. The van der Waals surface area contributed by atoms with E-state index in [-0.39, 0.29) is 6.04 Å². The Balaban J connectivity index is 1.86. The number of anilines is 1. The van der Waals surface area contributed by atoms with Crippen LogP contribution in [0.1, 0.15) is 48.2 Å². The van der Waals surface area contributed by atoms with Crippen molar-refractivity contribution in [2.45, 2.75) is 45.6 Å². The summed E-state index contributed by atoms with van der Waals surface area (Å²) in [6.07, 6.45) is 6.37. The zero-order chi connectivity index (χ0) is 13.9. The fraction of sp³-hybridized carbons (Fsp3) is 0.412. The van der Waals surface area contributed by atoms with Crippen molar-refractivity contribution in [1.29, 1.82) is 0 Å². The smallest absolute Gasteiger partial charge is 0.133 e. The highest BCUT2D eigenvalue weighted by Gasteiger charge is 2.17. The molecule has 0 amide bonds. The van der Waals surface area contributed by atoms with E-state index in [9.17, 15) is 0 Å². The van der Waals surface area contributed by atoms with Gasteiger partial charge >= 0.3 is 0 Å². The van der Waals surface area contributed by atoms with Crippen molar-refractivity contribution in [3.63, 3.8) is 0 Å². The van der Waals surface area contributed by atoms with Crippen molar-refractivity contribution >= 4 is 5.82 Å². The van der Waals surface area contributed by atoms with Gasteiger partial charge in [0.2, 0.25) is 0 Å². The van der Waals surface area contributed by atoms with Gasteiger partial charge in [-0.25, -0.2) is 9.97 Å². The molecule has 0 aliphatic heterocycles. The van der Waals surface area contributed by atoms with Crippen LogP contribution in [0.25, 0.3) is 0 Å². The molecule has 2 aromatic rings. The van der Waals surface area contributed by atoms with Gasteiger partial charge in [0.05, 0.1) is 6.04 Å². The van der Waals surface area contributed by atoms with Crippen LogP contribution in [0.5, 0.6) is 0 Å². The Kier molecular flexibility index (Phi) is 3.68. The fourth-order valence-electron chi connectivity index (χ4n) is 3.00. The third kappa shape index (κ3) is 2.53. The van der Waals surface area contributed by atoms with Crippen molar-refractivity contribution < 1.29 is 0 Å². The van der Waals surface area contributed by atoms with Gasteiger partial charge in [-0.15, -0.1) is 0 Å². The van der Waals surface area contributed by atoms with E-state index in [2.05, 4.69) is 53.4 Å². The van der Waals surface area contributed by atoms with Gasteiger partial charge < -0.3 is 5.32 Å². The summed E-state index contributed by atoms with van der Waals surface area (Å²) in [6.45, 7) is 4.35. The minimum absolute atomic E-state index is 0.261. The molecular formula is C17H21N3. The van der Waals surface area contributed by atoms with Crippen LogP contribution in [0.3, 0.4) is 0 Å². The molecule has 1 unspecified atom stereocenters. The minimum Gasteiger partial charge on any atom is -0.363 e. The van der Waals surface area contributed by atoms with Gasteiger partial charge in [0.1, 0.15) is 12.1 Å². The molecule has 20 heavy (non-hydrogen) atoms. The quantitative estimate of drug-likeness (QED) is 0.918. The third-order valence-corrected chi connectivity index (χ3v) is 4.13. The Morgan fingerprint density at radius 1 is 1.10 bits per heavy atom. The molecule has 1 atom stereocenters. The van der Waals surface area contributed by atoms with Gasteiger partial charge in [0, 0.05) is 11.3 Å². The number of benzene rings is 1. The van der Waals surface area contributed by atoms with Crippen molar-refractivity contribution in [3.05, 3.63) is 53.0 Å². The van der Waals surface area contributed by atoms with E-state index < -0.39 is 0 Å². The monoisotopic (exact) mass is 267 g/mol. The first-order valence-electron chi connectivity index (χ1n) is 7.40. The lowest BCUT2D eigenvalue weighted by molar-refractivity contribution is 0.661. The molecule has 1 aromatic heterocycles. The van der Waals surface area contributed by atoms with Crippen molar-refractivity contribution in [1.82, 2.24) is 9.97 Å². The molecule has 0 bridgehead atoms. The molecular weight excluding hydrogens is 246 g/mol. The molecule has 104 valence electrons. The predicted octanol–water partition coefficient (Wildman–Crippen LogP) is 3.84. The van der Waals surface area contributed by atoms with Crippen molar-refractivity contribution in [2.75, 3.05) is 5.32 Å². The van der Waals surface area contributed by atoms with E-state index in [1.165, 1.54) is 35.2 Å². The van der Waals surface area contributed by atoms with E-state index in [1.54, 1.807) is 6.33 Å². The number of aromatic nitrogens is 2. The van der Waals surface area contributed by atoms with Gasteiger partial charge in [-0.3, -0.25) is 0 Å². The molecule has 0 saturated carbocycles. The van der Waals surface area contributed by atoms with E-state index in [1.807, 2.05) is 0 Å². The molecule has 3 rings (SSSR count). The lowest BCUT2D eigenvalue weighted by Gasteiger charge is -2.22. The van der Waals surface area contributed by atoms with Crippen LogP contribution in [0.4, 0.5) is 5.82 Å². The first-order valence-corrected chi connectivity index (χ1v) is 7.40. The average molecular weight is 267 g/mol. The zero-order valence-corrected chi connectivity index (χ0v) is 12.2. The molecule has 1 aliphatic carbocycles. The maximum atomic E-state index is 4.46. The van der Waals surface area contributed by atoms with E-state index in [4.69, 9.17) is 0 Å². The predicted molar refractivity (Wildman–Crippen MR) is 81.9 cm³/mol. The highest BCUT2D eigenvalue weighted by molar-refractivity contribution is 5.49. The van der Waals surface area contributed by atoms with E-state index in [0.717, 1.165) is 18.7 Å². The number of nitrogens with one attached hydrogen (secondary N) is 1. The molecule has 1 aromatic carbocycles. The topological polar surface area (TPSA) is 37.8 Å². The summed E-state index contributed by atoms with van der Waals surface area (Å²) >= 11 is 0. The Hall–Kier alpha value is -1.90.